The van der Waals surface area contributed by atoms with Crippen molar-refractivity contribution in [3.05, 3.63) is 0 Å². The molecule has 0 aliphatic heterocycles. The second-order valence-electron chi connectivity index (χ2n) is 2.12. The topological polar surface area (TPSA) is 30.5 Å². The molecule has 1 N–H and O–H groups in total. The van der Waals surface area contributed by atoms with Gasteiger partial charge in [-0.1, -0.05) is 13.8 Å². The highest BCUT2D eigenvalue weighted by Crippen LogP contribution is 1.82. The third-order valence-electron chi connectivity index (χ3n) is 0.898. The fraction of sp³-hybridized carbons (Fsp3) is 1.00. The van der Waals surface area contributed by atoms with Crippen molar-refractivity contribution in [1.82, 2.24) is 4.98 Å². The first-order valence-corrected chi connectivity index (χ1v) is 4.54. The fourth-order valence-corrected chi connectivity index (χ4v) is 1.51. The van der Waals surface area contributed by atoms with Crippen molar-refractivity contribution in [3.8, 4) is 0 Å². The third-order valence-corrected chi connectivity index (χ3v) is 2.69. The van der Waals surface area contributed by atoms with E-state index in [0.29, 0.717) is 6.04 Å². The van der Waals surface area contributed by atoms with Crippen LogP contribution >= 0.6 is 0 Å². The van der Waals surface area contributed by atoms with E-state index in [1.54, 1.807) is 14.2 Å². The standard InChI is InChI=1S/C5H15NO2Si/c1-5(2)6-9(7-3)8-4/h5-6,9H,1-4H3. The van der Waals surface area contributed by atoms with Crippen LogP contribution in [-0.4, -0.2) is 29.7 Å². The first kappa shape index (κ1) is 9.10. The highest BCUT2D eigenvalue weighted by Gasteiger charge is 2.09. The summed E-state index contributed by atoms with van der Waals surface area (Å²) >= 11 is 0. The van der Waals surface area contributed by atoms with Gasteiger partial charge in [0, 0.05) is 14.2 Å². The smallest absolute Gasteiger partial charge is 0.388 e. The maximum atomic E-state index is 5.02. The van der Waals surface area contributed by atoms with Crippen molar-refractivity contribution < 1.29 is 8.85 Å². The van der Waals surface area contributed by atoms with Crippen molar-refractivity contribution in [2.24, 2.45) is 0 Å². The molecule has 0 saturated heterocycles. The molecule has 0 aromatic carbocycles. The Bertz CT molecular complexity index is 66.0. The van der Waals surface area contributed by atoms with Gasteiger partial charge in [-0.05, 0) is 6.04 Å². The molecule has 0 fully saturated rings. The van der Waals surface area contributed by atoms with E-state index in [1.807, 2.05) is 0 Å². The highest BCUT2D eigenvalue weighted by molar-refractivity contribution is 6.41. The van der Waals surface area contributed by atoms with Crippen molar-refractivity contribution in [2.75, 3.05) is 14.2 Å². The molecule has 0 spiro atoms. The Balaban J connectivity index is 3.31. The summed E-state index contributed by atoms with van der Waals surface area (Å²) < 4.78 is 10.0. The molecule has 0 aromatic heterocycles. The van der Waals surface area contributed by atoms with Gasteiger partial charge >= 0.3 is 9.45 Å². The molecule has 0 radical (unpaired) electrons. The lowest BCUT2D eigenvalue weighted by atomic mass is 10.4. The molecule has 0 amide bonds. The molecule has 0 unspecified atom stereocenters. The van der Waals surface area contributed by atoms with Gasteiger partial charge in [0.15, 0.2) is 0 Å². The Kier molecular flexibility index (Phi) is 4.98. The predicted octanol–water partition coefficient (Wildman–Crippen LogP) is -0.00560. The Morgan fingerprint density at radius 3 is 1.78 bits per heavy atom. The summed E-state index contributed by atoms with van der Waals surface area (Å²) in [6.45, 7) is 4.14. The minimum absolute atomic E-state index is 0.446. The van der Waals surface area contributed by atoms with E-state index in [-0.39, 0.29) is 0 Å². The fourth-order valence-electron chi connectivity index (χ4n) is 0.504. The van der Waals surface area contributed by atoms with Gasteiger partial charge in [0.05, 0.1) is 0 Å². The Hall–Kier alpha value is 0.0969. The normalized spacial score (nSPS) is 11.3. The molecule has 0 aromatic rings. The predicted molar refractivity (Wildman–Crippen MR) is 39.4 cm³/mol. The van der Waals surface area contributed by atoms with Gasteiger partial charge in [-0.3, -0.25) is 4.98 Å². The third kappa shape index (κ3) is 4.59. The van der Waals surface area contributed by atoms with E-state index >= 15 is 0 Å². The highest BCUT2D eigenvalue weighted by atomic mass is 28.3. The van der Waals surface area contributed by atoms with Crippen molar-refractivity contribution in [2.45, 2.75) is 19.9 Å². The molecule has 9 heavy (non-hydrogen) atoms. The quantitative estimate of drug-likeness (QED) is 0.571. The molecule has 0 atom stereocenters. The van der Waals surface area contributed by atoms with Crippen molar-refractivity contribution in [1.29, 1.82) is 0 Å². The summed E-state index contributed by atoms with van der Waals surface area (Å²) in [5.41, 5.74) is 0. The molecular weight excluding hydrogens is 134 g/mol. The minimum Gasteiger partial charge on any atom is -0.388 e. The number of hydrogen-bond donors (Lipinski definition) is 1. The van der Waals surface area contributed by atoms with Crippen LogP contribution in [0, 0.1) is 0 Å². The second-order valence-corrected chi connectivity index (χ2v) is 4.06. The van der Waals surface area contributed by atoms with Gasteiger partial charge < -0.3 is 8.85 Å². The summed E-state index contributed by atoms with van der Waals surface area (Å²) in [5.74, 6) is 0. The zero-order valence-corrected chi connectivity index (χ0v) is 7.63. The number of hydrogen-bond acceptors (Lipinski definition) is 3. The zero-order valence-electron chi connectivity index (χ0n) is 6.47. The van der Waals surface area contributed by atoms with Crippen LogP contribution in [0.2, 0.25) is 0 Å². The SMILES string of the molecule is CO[SiH](NC(C)C)OC. The van der Waals surface area contributed by atoms with Crippen LogP contribution in [-0.2, 0) is 8.85 Å². The number of nitrogens with one attached hydrogen (secondary N) is 1. The van der Waals surface area contributed by atoms with Gasteiger partial charge in [-0.25, -0.2) is 0 Å². The molecule has 3 nitrogen and oxygen atoms in total. The van der Waals surface area contributed by atoms with E-state index in [0.717, 1.165) is 0 Å². The summed E-state index contributed by atoms with van der Waals surface area (Å²) in [6.07, 6.45) is 0. The first-order valence-electron chi connectivity index (χ1n) is 3.02. The van der Waals surface area contributed by atoms with Crippen LogP contribution in [0.1, 0.15) is 13.8 Å². The van der Waals surface area contributed by atoms with Crippen molar-refractivity contribution >= 4 is 9.45 Å². The molecule has 0 bridgehead atoms. The van der Waals surface area contributed by atoms with E-state index in [4.69, 9.17) is 8.85 Å². The van der Waals surface area contributed by atoms with E-state index in [9.17, 15) is 0 Å². The average molecular weight is 149 g/mol. The first-order chi connectivity index (χ1) is 4.20. The lowest BCUT2D eigenvalue weighted by molar-refractivity contribution is 0.260. The monoisotopic (exact) mass is 149 g/mol. The van der Waals surface area contributed by atoms with Gasteiger partial charge in [0.2, 0.25) is 0 Å². The van der Waals surface area contributed by atoms with Gasteiger partial charge in [0.1, 0.15) is 0 Å². The summed E-state index contributed by atoms with van der Waals surface area (Å²) in [5, 5.41) is 0. The number of rotatable bonds is 4. The summed E-state index contributed by atoms with van der Waals surface area (Å²) in [7, 11) is 1.82. The van der Waals surface area contributed by atoms with Crippen molar-refractivity contribution in [3.63, 3.8) is 0 Å². The summed E-state index contributed by atoms with van der Waals surface area (Å²) in [6, 6.07) is 0.446. The Labute approximate surface area is 58.3 Å². The van der Waals surface area contributed by atoms with Crippen LogP contribution in [0.4, 0.5) is 0 Å². The minimum atomic E-state index is -1.50. The molecule has 0 rings (SSSR count). The van der Waals surface area contributed by atoms with Crippen LogP contribution in [0.3, 0.4) is 0 Å². The maximum absolute atomic E-state index is 5.02. The lowest BCUT2D eigenvalue weighted by Gasteiger charge is -2.14. The average Bonchev–Trinajstić information content (AvgIpc) is 1.82. The molecule has 0 heterocycles. The zero-order chi connectivity index (χ0) is 7.28. The maximum Gasteiger partial charge on any atom is 0.407 e. The largest absolute Gasteiger partial charge is 0.407 e. The molecule has 0 aliphatic rings. The molecule has 0 saturated carbocycles. The van der Waals surface area contributed by atoms with Crippen LogP contribution in [0.5, 0.6) is 0 Å². The van der Waals surface area contributed by atoms with Gasteiger partial charge in [-0.2, -0.15) is 0 Å². The van der Waals surface area contributed by atoms with Gasteiger partial charge in [-0.15, -0.1) is 0 Å². The summed E-state index contributed by atoms with van der Waals surface area (Å²) in [4.78, 5) is 3.17. The van der Waals surface area contributed by atoms with E-state index < -0.39 is 9.45 Å². The molecule has 0 aliphatic carbocycles. The molecular formula is C5H15NO2Si. The lowest BCUT2D eigenvalue weighted by Crippen LogP contribution is -2.42. The van der Waals surface area contributed by atoms with E-state index in [2.05, 4.69) is 18.8 Å². The van der Waals surface area contributed by atoms with Crippen LogP contribution in [0.15, 0.2) is 0 Å². The Morgan fingerprint density at radius 1 is 1.22 bits per heavy atom. The molecule has 56 valence electrons. The van der Waals surface area contributed by atoms with E-state index in [1.165, 1.54) is 0 Å². The molecule has 4 heteroatoms. The van der Waals surface area contributed by atoms with Crippen LogP contribution in [0.25, 0.3) is 0 Å². The Morgan fingerprint density at radius 2 is 1.67 bits per heavy atom. The van der Waals surface area contributed by atoms with Crippen LogP contribution < -0.4 is 4.98 Å². The second kappa shape index (κ2) is 4.93. The van der Waals surface area contributed by atoms with Gasteiger partial charge in [0.25, 0.3) is 0 Å².